The standard InChI is InChI=1S/C19H28N2O4/c1-3-5-9-12-20-19(24)16(14-18(23)25-4-2)21-17(22)13-15-10-7-6-8-11-15/h6-8,10-11,16H,3-5,9,12-14H2,1-2H3,(H,20,24)(H,21,22)/t16-/m0/s1. The van der Waals surface area contributed by atoms with E-state index >= 15 is 0 Å². The Morgan fingerprint density at radius 3 is 2.44 bits per heavy atom. The fourth-order valence-electron chi connectivity index (χ4n) is 2.33. The van der Waals surface area contributed by atoms with E-state index in [4.69, 9.17) is 4.74 Å². The molecule has 1 aromatic carbocycles. The lowest BCUT2D eigenvalue weighted by atomic mass is 10.1. The molecule has 6 heteroatoms. The Morgan fingerprint density at radius 1 is 1.08 bits per heavy atom. The van der Waals surface area contributed by atoms with E-state index in [1.807, 2.05) is 30.3 Å². The number of hydrogen-bond acceptors (Lipinski definition) is 4. The van der Waals surface area contributed by atoms with Crippen molar-refractivity contribution >= 4 is 17.8 Å². The van der Waals surface area contributed by atoms with Crippen molar-refractivity contribution in [2.24, 2.45) is 0 Å². The average Bonchev–Trinajstić information content (AvgIpc) is 2.59. The van der Waals surface area contributed by atoms with Gasteiger partial charge in [0.25, 0.3) is 0 Å². The molecule has 0 aromatic heterocycles. The van der Waals surface area contributed by atoms with E-state index < -0.39 is 12.0 Å². The quantitative estimate of drug-likeness (QED) is 0.473. The summed E-state index contributed by atoms with van der Waals surface area (Å²) in [4.78, 5) is 36.2. The van der Waals surface area contributed by atoms with E-state index in [2.05, 4.69) is 17.6 Å². The zero-order valence-corrected chi connectivity index (χ0v) is 15.0. The van der Waals surface area contributed by atoms with Crippen molar-refractivity contribution in [3.05, 3.63) is 35.9 Å². The summed E-state index contributed by atoms with van der Waals surface area (Å²) in [5.41, 5.74) is 0.846. The van der Waals surface area contributed by atoms with Gasteiger partial charge >= 0.3 is 5.97 Å². The second kappa shape index (κ2) is 12.1. The number of nitrogens with one attached hydrogen (secondary N) is 2. The minimum atomic E-state index is -0.920. The van der Waals surface area contributed by atoms with Crippen molar-refractivity contribution in [3.63, 3.8) is 0 Å². The van der Waals surface area contributed by atoms with Crippen molar-refractivity contribution in [1.82, 2.24) is 10.6 Å². The summed E-state index contributed by atoms with van der Waals surface area (Å²) in [6.45, 7) is 4.54. The molecule has 0 aliphatic carbocycles. The third-order valence-electron chi connectivity index (χ3n) is 3.61. The lowest BCUT2D eigenvalue weighted by Gasteiger charge is -2.18. The SMILES string of the molecule is CCCCCNC(=O)[C@H](CC(=O)OCC)NC(=O)Cc1ccccc1. The van der Waals surface area contributed by atoms with Gasteiger partial charge in [0.1, 0.15) is 6.04 Å². The maximum absolute atomic E-state index is 12.3. The van der Waals surface area contributed by atoms with Gasteiger partial charge in [-0.05, 0) is 18.9 Å². The minimum Gasteiger partial charge on any atom is -0.466 e. The normalized spacial score (nSPS) is 11.4. The number of rotatable bonds is 11. The highest BCUT2D eigenvalue weighted by atomic mass is 16.5. The number of hydrogen-bond donors (Lipinski definition) is 2. The van der Waals surface area contributed by atoms with Crippen LogP contribution >= 0.6 is 0 Å². The number of unbranched alkanes of at least 4 members (excludes halogenated alkanes) is 2. The van der Waals surface area contributed by atoms with Crippen LogP contribution in [-0.2, 0) is 25.5 Å². The van der Waals surface area contributed by atoms with Crippen LogP contribution in [0.1, 0.15) is 45.1 Å². The van der Waals surface area contributed by atoms with Crippen molar-refractivity contribution in [3.8, 4) is 0 Å². The summed E-state index contributed by atoms with van der Waals surface area (Å²) in [7, 11) is 0. The fraction of sp³-hybridized carbons (Fsp3) is 0.526. The first-order valence-corrected chi connectivity index (χ1v) is 8.83. The molecule has 138 valence electrons. The zero-order valence-electron chi connectivity index (χ0n) is 15.0. The van der Waals surface area contributed by atoms with Gasteiger partial charge in [-0.15, -0.1) is 0 Å². The Labute approximate surface area is 149 Å². The number of benzene rings is 1. The highest BCUT2D eigenvalue weighted by Gasteiger charge is 2.24. The molecule has 0 spiro atoms. The topological polar surface area (TPSA) is 84.5 Å². The van der Waals surface area contributed by atoms with E-state index in [1.54, 1.807) is 6.92 Å². The Morgan fingerprint density at radius 2 is 1.80 bits per heavy atom. The van der Waals surface area contributed by atoms with Gasteiger partial charge in [-0.1, -0.05) is 50.1 Å². The van der Waals surface area contributed by atoms with E-state index in [9.17, 15) is 14.4 Å². The number of ether oxygens (including phenoxy) is 1. The summed E-state index contributed by atoms with van der Waals surface area (Å²) in [6, 6.07) is 8.32. The first kappa shape index (κ1) is 20.7. The Hall–Kier alpha value is -2.37. The molecule has 1 rings (SSSR count). The van der Waals surface area contributed by atoms with Crippen LogP contribution in [0.2, 0.25) is 0 Å². The van der Waals surface area contributed by atoms with Crippen LogP contribution in [0, 0.1) is 0 Å². The summed E-state index contributed by atoms with van der Waals surface area (Å²) in [5, 5.41) is 5.42. The Kier molecular flexibility index (Phi) is 9.97. The van der Waals surface area contributed by atoms with E-state index in [0.717, 1.165) is 24.8 Å². The predicted octanol–water partition coefficient (Wildman–Crippen LogP) is 1.97. The molecule has 0 fully saturated rings. The molecule has 0 aliphatic rings. The first-order valence-electron chi connectivity index (χ1n) is 8.83. The fourth-order valence-corrected chi connectivity index (χ4v) is 2.33. The van der Waals surface area contributed by atoms with Crippen LogP contribution in [0.5, 0.6) is 0 Å². The monoisotopic (exact) mass is 348 g/mol. The molecule has 6 nitrogen and oxygen atoms in total. The highest BCUT2D eigenvalue weighted by molar-refractivity contribution is 5.91. The van der Waals surface area contributed by atoms with Gasteiger partial charge in [0.15, 0.2) is 0 Å². The average molecular weight is 348 g/mol. The number of carbonyl (C=O) groups excluding carboxylic acids is 3. The number of esters is 1. The van der Waals surface area contributed by atoms with Crippen LogP contribution in [-0.4, -0.2) is 37.0 Å². The largest absolute Gasteiger partial charge is 0.466 e. The number of amides is 2. The lowest BCUT2D eigenvalue weighted by Crippen LogP contribution is -2.48. The van der Waals surface area contributed by atoms with Gasteiger partial charge in [-0.2, -0.15) is 0 Å². The summed E-state index contributed by atoms with van der Waals surface area (Å²) >= 11 is 0. The highest BCUT2D eigenvalue weighted by Crippen LogP contribution is 2.02. The first-order chi connectivity index (χ1) is 12.1. The smallest absolute Gasteiger partial charge is 0.308 e. The lowest BCUT2D eigenvalue weighted by molar-refractivity contribution is -0.145. The summed E-state index contributed by atoms with van der Waals surface area (Å²) < 4.78 is 4.90. The van der Waals surface area contributed by atoms with Gasteiger partial charge in [0.05, 0.1) is 19.4 Å². The molecule has 2 amide bonds. The van der Waals surface area contributed by atoms with Crippen LogP contribution in [0.15, 0.2) is 30.3 Å². The molecule has 2 N–H and O–H groups in total. The van der Waals surface area contributed by atoms with Gasteiger partial charge in [0.2, 0.25) is 11.8 Å². The summed E-state index contributed by atoms with van der Waals surface area (Å²) in [5.74, 6) is -1.16. The van der Waals surface area contributed by atoms with Crippen LogP contribution < -0.4 is 10.6 Å². The van der Waals surface area contributed by atoms with Crippen LogP contribution in [0.25, 0.3) is 0 Å². The van der Waals surface area contributed by atoms with E-state index in [-0.39, 0.29) is 31.3 Å². The molecule has 25 heavy (non-hydrogen) atoms. The van der Waals surface area contributed by atoms with Crippen molar-refractivity contribution in [2.45, 2.75) is 52.0 Å². The molecule has 0 aliphatic heterocycles. The minimum absolute atomic E-state index is 0.156. The van der Waals surface area contributed by atoms with Crippen molar-refractivity contribution in [2.75, 3.05) is 13.2 Å². The van der Waals surface area contributed by atoms with Crippen LogP contribution in [0.3, 0.4) is 0 Å². The van der Waals surface area contributed by atoms with Gasteiger partial charge in [-0.3, -0.25) is 14.4 Å². The Balaban J connectivity index is 2.61. The molecule has 0 radical (unpaired) electrons. The molecule has 0 unspecified atom stereocenters. The third kappa shape index (κ3) is 8.88. The maximum Gasteiger partial charge on any atom is 0.308 e. The molecular formula is C19H28N2O4. The second-order valence-electron chi connectivity index (χ2n) is 5.79. The third-order valence-corrected chi connectivity index (χ3v) is 3.61. The molecule has 0 saturated carbocycles. The van der Waals surface area contributed by atoms with Gasteiger partial charge < -0.3 is 15.4 Å². The van der Waals surface area contributed by atoms with E-state index in [0.29, 0.717) is 6.54 Å². The zero-order chi connectivity index (χ0) is 18.5. The summed E-state index contributed by atoms with van der Waals surface area (Å²) in [6.07, 6.45) is 2.92. The van der Waals surface area contributed by atoms with Crippen LogP contribution in [0.4, 0.5) is 0 Å². The predicted molar refractivity (Wildman–Crippen MR) is 95.9 cm³/mol. The van der Waals surface area contributed by atoms with E-state index in [1.165, 1.54) is 0 Å². The van der Waals surface area contributed by atoms with Crippen molar-refractivity contribution in [1.29, 1.82) is 0 Å². The molecule has 1 aromatic rings. The Bertz CT molecular complexity index is 546. The number of carbonyl (C=O) groups is 3. The molecule has 1 atom stereocenters. The molecule has 0 heterocycles. The molecular weight excluding hydrogens is 320 g/mol. The molecule has 0 bridgehead atoms. The maximum atomic E-state index is 12.3. The van der Waals surface area contributed by atoms with Gasteiger partial charge in [0, 0.05) is 6.54 Å². The van der Waals surface area contributed by atoms with Crippen molar-refractivity contribution < 1.29 is 19.1 Å². The molecule has 0 saturated heterocycles. The van der Waals surface area contributed by atoms with Gasteiger partial charge in [-0.25, -0.2) is 0 Å². The second-order valence-corrected chi connectivity index (χ2v) is 5.79.